The fraction of sp³-hybridized carbons (Fsp3) is 0.708. The lowest BCUT2D eigenvalue weighted by Gasteiger charge is -2.28. The number of carbonyl (C=O) groups is 4. The monoisotopic (exact) mass is 871 g/mol. The first-order valence-electron chi connectivity index (χ1n) is 22.8. The van der Waals surface area contributed by atoms with Crippen LogP contribution in [0, 0.1) is 5.92 Å². The summed E-state index contributed by atoms with van der Waals surface area (Å²) in [7, 11) is 0. The molecule has 2 aromatic rings. The molecule has 0 aliphatic rings. The fourth-order valence-corrected chi connectivity index (χ4v) is 6.52. The summed E-state index contributed by atoms with van der Waals surface area (Å²) in [6, 6.07) is 12.9. The predicted molar refractivity (Wildman–Crippen MR) is 248 cm³/mol. The summed E-state index contributed by atoms with van der Waals surface area (Å²) in [5, 5.41) is 15.2. The van der Waals surface area contributed by atoms with Gasteiger partial charge in [-0.25, -0.2) is 14.4 Å². The lowest BCUT2D eigenvalue weighted by Crippen LogP contribution is -2.39. The Bertz CT molecular complexity index is 1620. The van der Waals surface area contributed by atoms with Crippen LogP contribution >= 0.6 is 0 Å². The van der Waals surface area contributed by atoms with Gasteiger partial charge in [0.05, 0.1) is 6.61 Å². The number of hydrogen-bond acceptors (Lipinski definition) is 10. The third-order valence-corrected chi connectivity index (χ3v) is 9.40. The first kappa shape index (κ1) is 54.0. The van der Waals surface area contributed by atoms with Crippen LogP contribution < -0.4 is 21.3 Å². The van der Waals surface area contributed by atoms with E-state index >= 15 is 0 Å². The van der Waals surface area contributed by atoms with Crippen LogP contribution in [0.1, 0.15) is 139 Å². The molecule has 4 amide bonds. The zero-order valence-electron chi connectivity index (χ0n) is 40.1. The van der Waals surface area contributed by atoms with Crippen LogP contribution in [-0.4, -0.2) is 110 Å². The van der Waals surface area contributed by atoms with E-state index in [0.717, 1.165) is 64.7 Å². The summed E-state index contributed by atoms with van der Waals surface area (Å²) in [5.74, 6) is 0.353. The SMILES string of the molecule is CC(C)COC(CCCN(CCCCNCc1ccc(CNCCCCN(CCCCNC(=O)OC(C)(C)C)C(=O)OC(C)(C)C)c2ccccc12)C(=O)OC(C)(C)C)NC=O. The van der Waals surface area contributed by atoms with Gasteiger partial charge >= 0.3 is 18.3 Å². The topological polar surface area (TPSA) is 160 Å². The molecule has 0 fully saturated rings. The van der Waals surface area contributed by atoms with E-state index in [-0.39, 0.29) is 18.4 Å². The van der Waals surface area contributed by atoms with E-state index in [1.54, 1.807) is 9.80 Å². The van der Waals surface area contributed by atoms with Gasteiger partial charge in [-0.3, -0.25) is 4.79 Å². The quantitative estimate of drug-likeness (QED) is 0.0282. The number of benzene rings is 2. The number of amides is 4. The molecule has 0 aliphatic carbocycles. The largest absolute Gasteiger partial charge is 0.444 e. The number of nitrogens with one attached hydrogen (secondary N) is 4. The molecule has 0 spiro atoms. The van der Waals surface area contributed by atoms with Crippen LogP contribution in [0.5, 0.6) is 0 Å². The molecule has 14 heteroatoms. The smallest absolute Gasteiger partial charge is 0.410 e. The van der Waals surface area contributed by atoms with Crippen molar-refractivity contribution in [3.05, 3.63) is 47.5 Å². The van der Waals surface area contributed by atoms with Crippen molar-refractivity contribution in [3.63, 3.8) is 0 Å². The van der Waals surface area contributed by atoms with Gasteiger partial charge in [0.25, 0.3) is 0 Å². The lowest BCUT2D eigenvalue weighted by molar-refractivity contribution is -0.114. The summed E-state index contributed by atoms with van der Waals surface area (Å²) in [6.07, 6.45) is 5.41. The number of alkyl carbamates (subject to hydrolysis) is 1. The normalized spacial score (nSPS) is 12.5. The molecular weight excluding hydrogens is 789 g/mol. The summed E-state index contributed by atoms with van der Waals surface area (Å²) >= 11 is 0. The van der Waals surface area contributed by atoms with Crippen LogP contribution in [0.25, 0.3) is 10.8 Å². The van der Waals surface area contributed by atoms with E-state index in [9.17, 15) is 19.2 Å². The van der Waals surface area contributed by atoms with Crippen LogP contribution in [0.4, 0.5) is 14.4 Å². The third-order valence-electron chi connectivity index (χ3n) is 9.40. The molecule has 2 rings (SSSR count). The molecule has 1 atom stereocenters. The number of rotatable bonds is 28. The van der Waals surface area contributed by atoms with Crippen molar-refractivity contribution < 1.29 is 38.1 Å². The van der Waals surface area contributed by atoms with Crippen molar-refractivity contribution in [3.8, 4) is 0 Å². The molecule has 0 aromatic heterocycles. The highest BCUT2D eigenvalue weighted by atomic mass is 16.6. The fourth-order valence-electron chi connectivity index (χ4n) is 6.52. The third kappa shape index (κ3) is 24.5. The van der Waals surface area contributed by atoms with Gasteiger partial charge in [-0.05, 0) is 155 Å². The molecule has 0 aliphatic heterocycles. The number of fused-ring (bicyclic) bond motifs is 1. The van der Waals surface area contributed by atoms with E-state index in [2.05, 4.69) is 71.5 Å². The second kappa shape index (κ2) is 27.8. The van der Waals surface area contributed by atoms with Gasteiger partial charge in [0.15, 0.2) is 0 Å². The molecule has 4 N–H and O–H groups in total. The average Bonchev–Trinajstić information content (AvgIpc) is 3.16. The highest BCUT2D eigenvalue weighted by Gasteiger charge is 2.24. The van der Waals surface area contributed by atoms with Gasteiger partial charge in [-0.15, -0.1) is 0 Å². The maximum atomic E-state index is 13.1. The summed E-state index contributed by atoms with van der Waals surface area (Å²) < 4.78 is 22.5. The van der Waals surface area contributed by atoms with Gasteiger partial charge in [-0.1, -0.05) is 50.2 Å². The van der Waals surface area contributed by atoms with E-state index in [0.29, 0.717) is 64.5 Å². The van der Waals surface area contributed by atoms with Gasteiger partial charge in [0, 0.05) is 45.8 Å². The molecule has 62 heavy (non-hydrogen) atoms. The minimum atomic E-state index is -0.590. The van der Waals surface area contributed by atoms with Crippen molar-refractivity contribution in [2.24, 2.45) is 5.92 Å². The van der Waals surface area contributed by atoms with Gasteiger partial charge in [-0.2, -0.15) is 0 Å². The Morgan fingerprint density at radius 2 is 1.05 bits per heavy atom. The Balaban J connectivity index is 1.84. The Morgan fingerprint density at radius 3 is 1.47 bits per heavy atom. The van der Waals surface area contributed by atoms with E-state index < -0.39 is 22.9 Å². The summed E-state index contributed by atoms with van der Waals surface area (Å²) in [4.78, 5) is 52.7. The van der Waals surface area contributed by atoms with Gasteiger partial charge in [0.1, 0.15) is 23.0 Å². The van der Waals surface area contributed by atoms with Crippen LogP contribution in [0.3, 0.4) is 0 Å². The Morgan fingerprint density at radius 1 is 0.613 bits per heavy atom. The first-order chi connectivity index (χ1) is 29.2. The van der Waals surface area contributed by atoms with Crippen molar-refractivity contribution in [1.29, 1.82) is 0 Å². The molecule has 2 aromatic carbocycles. The zero-order chi connectivity index (χ0) is 46.2. The highest BCUT2D eigenvalue weighted by molar-refractivity contribution is 5.88. The number of carbonyl (C=O) groups excluding carboxylic acids is 4. The highest BCUT2D eigenvalue weighted by Crippen LogP contribution is 2.23. The molecule has 0 bridgehead atoms. The van der Waals surface area contributed by atoms with E-state index in [4.69, 9.17) is 18.9 Å². The van der Waals surface area contributed by atoms with Gasteiger partial charge < -0.3 is 50.0 Å². The lowest BCUT2D eigenvalue weighted by atomic mass is 9.99. The molecular formula is C48H82N6O8. The zero-order valence-corrected chi connectivity index (χ0v) is 40.1. The minimum Gasteiger partial charge on any atom is -0.444 e. The Labute approximate surface area is 373 Å². The number of nitrogens with zero attached hydrogens (tertiary/aromatic N) is 2. The molecule has 14 nitrogen and oxygen atoms in total. The molecule has 0 radical (unpaired) electrons. The predicted octanol–water partition coefficient (Wildman–Crippen LogP) is 8.88. The number of ether oxygens (including phenoxy) is 4. The summed E-state index contributed by atoms with van der Waals surface area (Å²) in [5.41, 5.74) is 0.761. The van der Waals surface area contributed by atoms with Crippen LogP contribution in [0.15, 0.2) is 36.4 Å². The molecule has 352 valence electrons. The van der Waals surface area contributed by atoms with Crippen molar-refractivity contribution in [2.45, 2.75) is 164 Å². The number of unbranched alkanes of at least 4 members (excludes halogenated alkanes) is 3. The summed E-state index contributed by atoms with van der Waals surface area (Å²) in [6.45, 7) is 27.2. The van der Waals surface area contributed by atoms with Crippen LogP contribution in [-0.2, 0) is 36.8 Å². The van der Waals surface area contributed by atoms with Crippen molar-refractivity contribution >= 4 is 35.5 Å². The maximum Gasteiger partial charge on any atom is 0.410 e. The van der Waals surface area contributed by atoms with Gasteiger partial charge in [0.2, 0.25) is 6.41 Å². The van der Waals surface area contributed by atoms with Crippen LogP contribution in [0.2, 0.25) is 0 Å². The minimum absolute atomic E-state index is 0.314. The molecule has 1 unspecified atom stereocenters. The first-order valence-corrected chi connectivity index (χ1v) is 22.8. The molecule has 0 saturated carbocycles. The second-order valence-electron chi connectivity index (χ2n) is 19.4. The van der Waals surface area contributed by atoms with Crippen molar-refractivity contribution in [2.75, 3.05) is 52.4 Å². The molecule has 0 heterocycles. The Hall–Kier alpha value is -4.14. The average molecular weight is 871 g/mol. The maximum absolute atomic E-state index is 13.1. The Kier molecular flexibility index (Phi) is 24.2. The second-order valence-corrected chi connectivity index (χ2v) is 19.4. The van der Waals surface area contributed by atoms with Crippen molar-refractivity contribution in [1.82, 2.24) is 31.1 Å². The molecule has 0 saturated heterocycles. The number of hydrogen-bond donors (Lipinski definition) is 4. The van der Waals surface area contributed by atoms with E-state index in [1.165, 1.54) is 21.9 Å². The van der Waals surface area contributed by atoms with E-state index in [1.807, 2.05) is 62.3 Å². The standard InChI is InChI=1S/C48H82N6O8/c1-37(2)35-59-42(52-36-55)23-20-32-54(45(58)62-48(9,10)11)30-18-15-27-50-34-39-25-24-38(40-21-12-13-22-41(39)40)33-49-26-14-17-29-53(44(57)61-47(6,7)8)31-19-16-28-51-43(56)60-46(3,4)5/h12-13,21-22,24-25,36-37,42,49-50H,14-20,23,26-35H2,1-11H3,(H,51,56)(H,52,55).